The lowest BCUT2D eigenvalue weighted by Crippen LogP contribution is -2.25. The number of H-pyrrole nitrogens is 1. The van der Waals surface area contributed by atoms with Gasteiger partial charge in [0.05, 0.1) is 0 Å². The van der Waals surface area contributed by atoms with Crippen LogP contribution in [-0.2, 0) is 0 Å². The van der Waals surface area contributed by atoms with Crippen LogP contribution in [0, 0.1) is 0 Å². The monoisotopic (exact) mass is 211 g/mol. The molecule has 2 unspecified atom stereocenters. The van der Waals surface area contributed by atoms with Crippen LogP contribution in [0.1, 0.15) is 13.3 Å². The first-order chi connectivity index (χ1) is 6.75. The zero-order valence-corrected chi connectivity index (χ0v) is 8.80. The van der Waals surface area contributed by atoms with E-state index >= 15 is 0 Å². The number of hydrogen-bond acceptors (Lipinski definition) is 4. The van der Waals surface area contributed by atoms with E-state index in [1.807, 2.05) is 11.8 Å². The summed E-state index contributed by atoms with van der Waals surface area (Å²) in [5.74, 6) is 1.49. The summed E-state index contributed by atoms with van der Waals surface area (Å²) in [6.07, 6.45) is 4.23. The van der Waals surface area contributed by atoms with E-state index in [9.17, 15) is 4.79 Å². The Morgan fingerprint density at radius 1 is 1.71 bits per heavy atom. The van der Waals surface area contributed by atoms with Gasteiger partial charge in [0.15, 0.2) is 5.82 Å². The molecule has 5 heteroatoms. The fourth-order valence-corrected chi connectivity index (χ4v) is 2.71. The first kappa shape index (κ1) is 9.58. The van der Waals surface area contributed by atoms with Crippen molar-refractivity contribution in [2.45, 2.75) is 24.6 Å². The van der Waals surface area contributed by atoms with Crippen molar-refractivity contribution in [3.63, 3.8) is 0 Å². The van der Waals surface area contributed by atoms with E-state index in [1.165, 1.54) is 0 Å². The molecule has 2 heterocycles. The summed E-state index contributed by atoms with van der Waals surface area (Å²) in [5.41, 5.74) is -0.142. The SMILES string of the molecule is CC1CC(Nc2ncc[nH]c2=O)CS1. The summed E-state index contributed by atoms with van der Waals surface area (Å²) >= 11 is 1.93. The maximum Gasteiger partial charge on any atom is 0.290 e. The van der Waals surface area contributed by atoms with Gasteiger partial charge in [-0.15, -0.1) is 0 Å². The third-order valence-corrected chi connectivity index (χ3v) is 3.60. The van der Waals surface area contributed by atoms with Gasteiger partial charge in [0.1, 0.15) is 0 Å². The molecule has 1 aromatic heterocycles. The molecular formula is C9H13N3OS. The van der Waals surface area contributed by atoms with Crippen molar-refractivity contribution < 1.29 is 0 Å². The third kappa shape index (κ3) is 2.09. The minimum Gasteiger partial charge on any atom is -0.362 e. The fraction of sp³-hybridized carbons (Fsp3) is 0.556. The summed E-state index contributed by atoms with van der Waals surface area (Å²) in [5, 5.41) is 3.84. The minimum absolute atomic E-state index is 0.142. The molecule has 2 rings (SSSR count). The van der Waals surface area contributed by atoms with Crippen molar-refractivity contribution in [3.8, 4) is 0 Å². The van der Waals surface area contributed by atoms with E-state index in [4.69, 9.17) is 0 Å². The Bertz CT molecular complexity index is 365. The van der Waals surface area contributed by atoms with Gasteiger partial charge < -0.3 is 10.3 Å². The van der Waals surface area contributed by atoms with Crippen molar-refractivity contribution in [3.05, 3.63) is 22.7 Å². The summed E-state index contributed by atoms with van der Waals surface area (Å²) in [7, 11) is 0. The quantitative estimate of drug-likeness (QED) is 0.768. The Hall–Kier alpha value is -0.970. The van der Waals surface area contributed by atoms with Crippen LogP contribution in [0.4, 0.5) is 5.82 Å². The molecule has 0 amide bonds. The standard InChI is InChI=1S/C9H13N3OS/c1-6-4-7(5-14-6)12-8-9(13)11-3-2-10-8/h2-3,6-7H,4-5H2,1H3,(H,10,12)(H,11,13). The molecular weight excluding hydrogens is 198 g/mol. The fourth-order valence-electron chi connectivity index (χ4n) is 1.57. The molecule has 2 atom stereocenters. The van der Waals surface area contributed by atoms with E-state index in [1.54, 1.807) is 12.4 Å². The molecule has 0 saturated carbocycles. The first-order valence-electron chi connectivity index (χ1n) is 4.67. The number of nitrogens with zero attached hydrogens (tertiary/aromatic N) is 1. The van der Waals surface area contributed by atoms with Gasteiger partial charge in [-0.25, -0.2) is 4.98 Å². The minimum atomic E-state index is -0.142. The van der Waals surface area contributed by atoms with Crippen LogP contribution in [0.2, 0.25) is 0 Å². The van der Waals surface area contributed by atoms with Crippen LogP contribution in [0.15, 0.2) is 17.2 Å². The molecule has 2 N–H and O–H groups in total. The number of aromatic nitrogens is 2. The summed E-state index contributed by atoms with van der Waals surface area (Å²) in [6, 6.07) is 0.381. The average molecular weight is 211 g/mol. The molecule has 0 aliphatic carbocycles. The van der Waals surface area contributed by atoms with Gasteiger partial charge in [-0.2, -0.15) is 11.8 Å². The second-order valence-electron chi connectivity index (χ2n) is 3.49. The summed E-state index contributed by atoms with van der Waals surface area (Å²) < 4.78 is 0. The second kappa shape index (κ2) is 4.04. The average Bonchev–Trinajstić information content (AvgIpc) is 2.56. The van der Waals surface area contributed by atoms with Crippen molar-refractivity contribution in [1.29, 1.82) is 0 Å². The summed E-state index contributed by atoms with van der Waals surface area (Å²) in [4.78, 5) is 17.9. The van der Waals surface area contributed by atoms with E-state index in [-0.39, 0.29) is 5.56 Å². The van der Waals surface area contributed by atoms with Crippen LogP contribution in [-0.4, -0.2) is 27.0 Å². The van der Waals surface area contributed by atoms with Gasteiger partial charge in [-0.3, -0.25) is 4.79 Å². The molecule has 4 nitrogen and oxygen atoms in total. The van der Waals surface area contributed by atoms with Gasteiger partial charge in [0.25, 0.3) is 5.56 Å². The molecule has 1 aliphatic rings. The maximum absolute atomic E-state index is 11.3. The van der Waals surface area contributed by atoms with E-state index < -0.39 is 0 Å². The third-order valence-electron chi connectivity index (χ3n) is 2.25. The number of aromatic amines is 1. The van der Waals surface area contributed by atoms with Crippen LogP contribution >= 0.6 is 11.8 Å². The smallest absolute Gasteiger partial charge is 0.290 e. The van der Waals surface area contributed by atoms with Crippen LogP contribution in [0.5, 0.6) is 0 Å². The number of rotatable bonds is 2. The van der Waals surface area contributed by atoms with E-state index in [0.29, 0.717) is 17.1 Å². The molecule has 76 valence electrons. The van der Waals surface area contributed by atoms with E-state index in [2.05, 4.69) is 22.2 Å². The Labute approximate surface area is 86.5 Å². The lowest BCUT2D eigenvalue weighted by molar-refractivity contribution is 0.741. The molecule has 1 aromatic rings. The Kier molecular flexibility index (Phi) is 2.77. The topological polar surface area (TPSA) is 57.8 Å². The Balaban J connectivity index is 2.04. The molecule has 0 aromatic carbocycles. The van der Waals surface area contributed by atoms with Gasteiger partial charge in [0, 0.05) is 29.4 Å². The summed E-state index contributed by atoms with van der Waals surface area (Å²) in [6.45, 7) is 2.20. The predicted molar refractivity (Wildman–Crippen MR) is 58.8 cm³/mol. The lowest BCUT2D eigenvalue weighted by Gasteiger charge is -2.10. The number of hydrogen-bond donors (Lipinski definition) is 2. The van der Waals surface area contributed by atoms with Gasteiger partial charge in [-0.1, -0.05) is 6.92 Å². The molecule has 1 aliphatic heterocycles. The largest absolute Gasteiger partial charge is 0.362 e. The zero-order valence-electron chi connectivity index (χ0n) is 7.99. The lowest BCUT2D eigenvalue weighted by atomic mass is 10.2. The Morgan fingerprint density at radius 2 is 2.57 bits per heavy atom. The highest BCUT2D eigenvalue weighted by molar-refractivity contribution is 8.00. The number of thioether (sulfide) groups is 1. The molecule has 0 bridgehead atoms. The highest BCUT2D eigenvalue weighted by Gasteiger charge is 2.22. The normalized spacial score (nSPS) is 26.4. The van der Waals surface area contributed by atoms with Crippen molar-refractivity contribution in [2.24, 2.45) is 0 Å². The maximum atomic E-state index is 11.3. The molecule has 14 heavy (non-hydrogen) atoms. The first-order valence-corrected chi connectivity index (χ1v) is 5.72. The van der Waals surface area contributed by atoms with Crippen molar-refractivity contribution in [2.75, 3.05) is 11.1 Å². The second-order valence-corrected chi connectivity index (χ2v) is 4.96. The van der Waals surface area contributed by atoms with E-state index in [0.717, 1.165) is 12.2 Å². The van der Waals surface area contributed by atoms with Crippen molar-refractivity contribution >= 4 is 17.6 Å². The van der Waals surface area contributed by atoms with Crippen LogP contribution in [0.3, 0.4) is 0 Å². The number of nitrogens with one attached hydrogen (secondary N) is 2. The Morgan fingerprint density at radius 3 is 3.21 bits per heavy atom. The van der Waals surface area contributed by atoms with Gasteiger partial charge >= 0.3 is 0 Å². The van der Waals surface area contributed by atoms with Crippen molar-refractivity contribution in [1.82, 2.24) is 9.97 Å². The molecule has 1 saturated heterocycles. The zero-order chi connectivity index (χ0) is 9.97. The number of anilines is 1. The predicted octanol–water partition coefficient (Wildman–Crippen LogP) is 1.08. The molecule has 0 radical (unpaired) electrons. The van der Waals surface area contributed by atoms with Crippen LogP contribution in [0.25, 0.3) is 0 Å². The van der Waals surface area contributed by atoms with Crippen LogP contribution < -0.4 is 10.9 Å². The highest BCUT2D eigenvalue weighted by Crippen LogP contribution is 2.27. The molecule has 1 fully saturated rings. The highest BCUT2D eigenvalue weighted by atomic mass is 32.2. The van der Waals surface area contributed by atoms with Gasteiger partial charge in [-0.05, 0) is 6.42 Å². The van der Waals surface area contributed by atoms with Gasteiger partial charge in [0.2, 0.25) is 0 Å². The molecule has 0 spiro atoms.